The number of nitrogens with one attached hydrogen (secondary N) is 1. The number of sulfone groups is 1. The van der Waals surface area contributed by atoms with Crippen molar-refractivity contribution in [3.05, 3.63) is 54.1 Å². The summed E-state index contributed by atoms with van der Waals surface area (Å²) in [6.45, 7) is 0.986. The van der Waals surface area contributed by atoms with E-state index >= 15 is 0 Å². The van der Waals surface area contributed by atoms with Crippen LogP contribution in [-0.4, -0.2) is 33.3 Å². The molecule has 0 radical (unpaired) electrons. The van der Waals surface area contributed by atoms with Crippen LogP contribution in [0.1, 0.15) is 18.4 Å². The van der Waals surface area contributed by atoms with Gasteiger partial charge in [0.05, 0.1) is 11.5 Å². The van der Waals surface area contributed by atoms with Crippen LogP contribution in [0.2, 0.25) is 0 Å². The van der Waals surface area contributed by atoms with Crippen molar-refractivity contribution in [3.8, 4) is 11.5 Å². The number of carbonyl (C=O) groups is 1. The molecule has 6 nitrogen and oxygen atoms in total. The molecule has 0 bridgehead atoms. The minimum atomic E-state index is -3.23. The van der Waals surface area contributed by atoms with E-state index in [1.54, 1.807) is 30.3 Å². The molecule has 0 aromatic heterocycles. The lowest BCUT2D eigenvalue weighted by molar-refractivity contribution is -0.116. The van der Waals surface area contributed by atoms with Crippen LogP contribution in [0, 0.1) is 0 Å². The molecule has 3 rings (SSSR count). The van der Waals surface area contributed by atoms with E-state index in [4.69, 9.17) is 9.47 Å². The Morgan fingerprint density at radius 3 is 2.50 bits per heavy atom. The van der Waals surface area contributed by atoms with Gasteiger partial charge >= 0.3 is 0 Å². The number of fused-ring (bicyclic) bond motifs is 1. The zero-order valence-electron chi connectivity index (χ0n) is 14.3. The predicted octanol–water partition coefficient (Wildman–Crippen LogP) is 2.79. The molecule has 1 amide bonds. The molecule has 0 atom stereocenters. The molecule has 0 aliphatic carbocycles. The monoisotopic (exact) mass is 375 g/mol. The van der Waals surface area contributed by atoms with Gasteiger partial charge in [-0.15, -0.1) is 0 Å². The molecule has 0 saturated heterocycles. The Hall–Kier alpha value is -2.54. The second-order valence-corrected chi connectivity index (χ2v) is 8.27. The molecule has 0 fully saturated rings. The summed E-state index contributed by atoms with van der Waals surface area (Å²) in [4.78, 5) is 12.0. The summed E-state index contributed by atoms with van der Waals surface area (Å²) in [5.41, 5.74) is 1.36. The molecule has 1 aliphatic rings. The quantitative estimate of drug-likeness (QED) is 0.805. The van der Waals surface area contributed by atoms with E-state index in [1.165, 1.54) is 0 Å². The van der Waals surface area contributed by atoms with E-state index in [0.717, 1.165) is 5.56 Å². The zero-order valence-corrected chi connectivity index (χ0v) is 15.1. The van der Waals surface area contributed by atoms with Gasteiger partial charge in [0.25, 0.3) is 0 Å². The number of anilines is 1. The smallest absolute Gasteiger partial charge is 0.224 e. The van der Waals surface area contributed by atoms with Crippen LogP contribution in [0.4, 0.5) is 5.69 Å². The number of rotatable bonds is 7. The van der Waals surface area contributed by atoms with Gasteiger partial charge < -0.3 is 14.8 Å². The van der Waals surface area contributed by atoms with E-state index in [1.807, 2.05) is 18.2 Å². The highest BCUT2D eigenvalue weighted by Crippen LogP contribution is 2.32. The lowest BCUT2D eigenvalue weighted by Crippen LogP contribution is -2.17. The Morgan fingerprint density at radius 1 is 1.00 bits per heavy atom. The maximum atomic E-state index is 12.1. The molecule has 1 aliphatic heterocycles. The van der Waals surface area contributed by atoms with Crippen molar-refractivity contribution in [1.82, 2.24) is 0 Å². The number of carbonyl (C=O) groups excluding carboxylic acids is 1. The number of hydrogen-bond donors (Lipinski definition) is 1. The predicted molar refractivity (Wildman–Crippen MR) is 99.2 cm³/mol. The van der Waals surface area contributed by atoms with E-state index in [-0.39, 0.29) is 30.3 Å². The number of benzene rings is 2. The highest BCUT2D eigenvalue weighted by molar-refractivity contribution is 7.90. The van der Waals surface area contributed by atoms with Crippen molar-refractivity contribution in [2.24, 2.45) is 0 Å². The van der Waals surface area contributed by atoms with Crippen LogP contribution in [-0.2, 0) is 20.4 Å². The van der Waals surface area contributed by atoms with Gasteiger partial charge in [0.2, 0.25) is 5.91 Å². The summed E-state index contributed by atoms with van der Waals surface area (Å²) in [5.74, 6) is 1.01. The van der Waals surface area contributed by atoms with Crippen molar-refractivity contribution < 1.29 is 22.7 Å². The fourth-order valence-corrected chi connectivity index (χ4v) is 4.13. The molecule has 1 N–H and O–H groups in total. The van der Waals surface area contributed by atoms with Crippen LogP contribution >= 0.6 is 0 Å². The lowest BCUT2D eigenvalue weighted by atomic mass is 10.2. The van der Waals surface area contributed by atoms with Crippen molar-refractivity contribution in [3.63, 3.8) is 0 Å². The highest BCUT2D eigenvalue weighted by atomic mass is 32.2. The van der Waals surface area contributed by atoms with Crippen molar-refractivity contribution in [1.29, 1.82) is 0 Å². The number of hydrogen-bond acceptors (Lipinski definition) is 5. The maximum Gasteiger partial charge on any atom is 0.224 e. The van der Waals surface area contributed by atoms with Crippen molar-refractivity contribution in [2.45, 2.75) is 18.6 Å². The first kappa shape index (κ1) is 18.3. The van der Waals surface area contributed by atoms with Gasteiger partial charge in [-0.05, 0) is 24.1 Å². The minimum absolute atomic E-state index is 0.00236. The summed E-state index contributed by atoms with van der Waals surface area (Å²) >= 11 is 0. The third-order valence-corrected chi connectivity index (χ3v) is 5.60. The number of amides is 1. The average Bonchev–Trinajstić information content (AvgIpc) is 2.62. The fraction of sp³-hybridized carbons (Fsp3) is 0.316. The third kappa shape index (κ3) is 5.23. The maximum absolute atomic E-state index is 12.1. The summed E-state index contributed by atoms with van der Waals surface area (Å²) in [6, 6.07) is 14.2. The Labute approximate surface area is 153 Å². The van der Waals surface area contributed by atoms with Crippen LogP contribution in [0.5, 0.6) is 11.5 Å². The first-order valence-electron chi connectivity index (χ1n) is 8.46. The zero-order chi connectivity index (χ0) is 18.4. The second-order valence-electron chi connectivity index (χ2n) is 6.09. The van der Waals surface area contributed by atoms with Gasteiger partial charge in [-0.2, -0.15) is 0 Å². The summed E-state index contributed by atoms with van der Waals surface area (Å²) in [5, 5.41) is 2.76. The van der Waals surface area contributed by atoms with Gasteiger partial charge in [0.15, 0.2) is 21.3 Å². The Bertz CT molecular complexity index is 865. The molecule has 0 saturated carbocycles. The van der Waals surface area contributed by atoms with Gasteiger partial charge in [-0.25, -0.2) is 8.42 Å². The Balaban J connectivity index is 1.47. The van der Waals surface area contributed by atoms with Crippen molar-refractivity contribution in [2.75, 3.05) is 24.3 Å². The van der Waals surface area contributed by atoms with E-state index in [9.17, 15) is 13.2 Å². The SMILES string of the molecule is O=C(CCCS(=O)(=O)Cc1ccccc1)Nc1ccc2c(c1)OCCO2. The van der Waals surface area contributed by atoms with Gasteiger partial charge in [0, 0.05) is 18.2 Å². The van der Waals surface area contributed by atoms with Crippen LogP contribution in [0.25, 0.3) is 0 Å². The Morgan fingerprint density at radius 2 is 1.73 bits per heavy atom. The molecule has 1 heterocycles. The highest BCUT2D eigenvalue weighted by Gasteiger charge is 2.15. The standard InChI is InChI=1S/C19H21NO5S/c21-19(20-16-8-9-17-18(13-16)25-11-10-24-17)7-4-12-26(22,23)14-15-5-2-1-3-6-15/h1-3,5-6,8-9,13H,4,7,10-12,14H2,(H,20,21). The first-order chi connectivity index (χ1) is 12.5. The number of ether oxygens (including phenoxy) is 2. The van der Waals surface area contributed by atoms with Crippen LogP contribution < -0.4 is 14.8 Å². The molecule has 2 aromatic carbocycles. The molecule has 26 heavy (non-hydrogen) atoms. The largest absolute Gasteiger partial charge is 0.486 e. The minimum Gasteiger partial charge on any atom is -0.486 e. The summed E-state index contributed by atoms with van der Waals surface area (Å²) in [6.07, 6.45) is 0.425. The molecule has 7 heteroatoms. The normalized spacial score (nSPS) is 13.2. The fourth-order valence-electron chi connectivity index (χ4n) is 2.70. The third-order valence-electron chi connectivity index (χ3n) is 3.91. The summed E-state index contributed by atoms with van der Waals surface area (Å²) in [7, 11) is -3.23. The van der Waals surface area contributed by atoms with E-state index < -0.39 is 9.84 Å². The molecule has 0 spiro atoms. The molecule has 0 unspecified atom stereocenters. The summed E-state index contributed by atoms with van der Waals surface area (Å²) < 4.78 is 35.2. The second kappa shape index (κ2) is 8.23. The average molecular weight is 375 g/mol. The van der Waals surface area contributed by atoms with Crippen molar-refractivity contribution >= 4 is 21.4 Å². The van der Waals surface area contributed by atoms with E-state index in [0.29, 0.717) is 30.4 Å². The Kier molecular flexibility index (Phi) is 5.78. The lowest BCUT2D eigenvalue weighted by Gasteiger charge is -2.19. The molecular weight excluding hydrogens is 354 g/mol. The van der Waals surface area contributed by atoms with E-state index in [2.05, 4.69) is 5.32 Å². The molecule has 138 valence electrons. The van der Waals surface area contributed by atoms with Gasteiger partial charge in [-0.3, -0.25) is 4.79 Å². The van der Waals surface area contributed by atoms with Crippen LogP contribution in [0.3, 0.4) is 0 Å². The van der Waals surface area contributed by atoms with Gasteiger partial charge in [-0.1, -0.05) is 30.3 Å². The molecular formula is C19H21NO5S. The topological polar surface area (TPSA) is 81.7 Å². The molecule has 2 aromatic rings. The first-order valence-corrected chi connectivity index (χ1v) is 10.3. The van der Waals surface area contributed by atoms with Crippen LogP contribution in [0.15, 0.2) is 48.5 Å². The van der Waals surface area contributed by atoms with Gasteiger partial charge in [0.1, 0.15) is 13.2 Å².